The van der Waals surface area contributed by atoms with Crippen molar-refractivity contribution < 1.29 is 9.53 Å². The zero-order chi connectivity index (χ0) is 10.4. The lowest BCUT2D eigenvalue weighted by atomic mass is 9.89. The van der Waals surface area contributed by atoms with Crippen molar-refractivity contribution in [1.82, 2.24) is 5.43 Å². The predicted octanol–water partition coefficient (Wildman–Crippen LogP) is 0.962. The maximum Gasteiger partial charge on any atom is 0.236 e. The average Bonchev–Trinajstić information content (AvgIpc) is 2.21. The molecule has 0 heterocycles. The van der Waals surface area contributed by atoms with Gasteiger partial charge in [0.25, 0.3) is 0 Å². The van der Waals surface area contributed by atoms with Crippen LogP contribution in [0.15, 0.2) is 0 Å². The molecule has 0 aromatic carbocycles. The molecular weight excluding hydrogens is 180 g/mol. The molecule has 1 amide bonds. The second-order valence-corrected chi connectivity index (χ2v) is 4.07. The fraction of sp³-hybridized carbons (Fsp3) is 0.900. The minimum absolute atomic E-state index is 0.158. The fourth-order valence-corrected chi connectivity index (χ4v) is 1.79. The van der Waals surface area contributed by atoms with Gasteiger partial charge >= 0.3 is 0 Å². The molecule has 0 aromatic heterocycles. The summed E-state index contributed by atoms with van der Waals surface area (Å²) in [5, 5.41) is 0. The van der Waals surface area contributed by atoms with Gasteiger partial charge in [0.15, 0.2) is 0 Å². The number of ether oxygens (including phenoxy) is 1. The molecule has 1 saturated carbocycles. The van der Waals surface area contributed by atoms with Gasteiger partial charge in [0, 0.05) is 0 Å². The first-order chi connectivity index (χ1) is 6.72. The van der Waals surface area contributed by atoms with Crippen LogP contribution >= 0.6 is 0 Å². The number of amides is 1. The van der Waals surface area contributed by atoms with Crippen LogP contribution in [0.2, 0.25) is 0 Å². The summed E-state index contributed by atoms with van der Waals surface area (Å²) in [6.45, 7) is 2.76. The molecule has 1 rings (SSSR count). The summed E-state index contributed by atoms with van der Waals surface area (Å²) in [7, 11) is 0. The van der Waals surface area contributed by atoms with Crippen molar-refractivity contribution in [2.45, 2.75) is 45.1 Å². The highest BCUT2D eigenvalue weighted by Gasteiger charge is 2.18. The van der Waals surface area contributed by atoms with Gasteiger partial charge in [0.05, 0.1) is 19.1 Å². The number of hydrogen-bond acceptors (Lipinski definition) is 3. The Hall–Kier alpha value is -0.610. The largest absolute Gasteiger partial charge is 0.378 e. The van der Waals surface area contributed by atoms with Crippen LogP contribution in [0.25, 0.3) is 0 Å². The third-order valence-electron chi connectivity index (χ3n) is 2.81. The lowest BCUT2D eigenvalue weighted by Gasteiger charge is -2.26. The predicted molar refractivity (Wildman–Crippen MR) is 54.3 cm³/mol. The Balaban J connectivity index is 2.04. The summed E-state index contributed by atoms with van der Waals surface area (Å²) < 4.78 is 5.59. The van der Waals surface area contributed by atoms with Crippen LogP contribution < -0.4 is 11.3 Å². The van der Waals surface area contributed by atoms with Crippen LogP contribution in [0.1, 0.15) is 39.0 Å². The maximum atomic E-state index is 10.8. The Morgan fingerprint density at radius 2 is 2.07 bits per heavy atom. The Bertz CT molecular complexity index is 177. The topological polar surface area (TPSA) is 64.3 Å². The van der Waals surface area contributed by atoms with Gasteiger partial charge in [0.2, 0.25) is 5.91 Å². The molecule has 0 saturated heterocycles. The summed E-state index contributed by atoms with van der Waals surface area (Å²) in [5.74, 6) is 5.63. The van der Waals surface area contributed by atoms with E-state index in [0.29, 0.717) is 19.1 Å². The van der Waals surface area contributed by atoms with Gasteiger partial charge < -0.3 is 4.74 Å². The Morgan fingerprint density at radius 1 is 1.43 bits per heavy atom. The molecule has 1 aliphatic rings. The van der Waals surface area contributed by atoms with Crippen LogP contribution in [-0.4, -0.2) is 18.6 Å². The molecule has 82 valence electrons. The third kappa shape index (κ3) is 4.07. The molecule has 1 aliphatic carbocycles. The standard InChI is InChI=1S/C10H20N2O2/c1-8-2-4-9(5-3-8)14-7-6-10(13)12-11/h8-9H,2-7,11H2,1H3,(H,12,13). The number of hydrogen-bond donors (Lipinski definition) is 2. The van der Waals surface area contributed by atoms with Gasteiger partial charge in [-0.15, -0.1) is 0 Å². The molecule has 4 heteroatoms. The van der Waals surface area contributed by atoms with Crippen molar-refractivity contribution in [2.24, 2.45) is 11.8 Å². The minimum atomic E-state index is -0.158. The monoisotopic (exact) mass is 200 g/mol. The highest BCUT2D eigenvalue weighted by molar-refractivity contribution is 5.75. The lowest BCUT2D eigenvalue weighted by molar-refractivity contribution is -0.122. The van der Waals surface area contributed by atoms with Gasteiger partial charge in [-0.2, -0.15) is 0 Å². The molecule has 14 heavy (non-hydrogen) atoms. The Labute approximate surface area is 85.2 Å². The first-order valence-corrected chi connectivity index (χ1v) is 5.33. The van der Waals surface area contributed by atoms with E-state index in [1.165, 1.54) is 12.8 Å². The van der Waals surface area contributed by atoms with Crippen LogP contribution in [0.4, 0.5) is 0 Å². The molecule has 0 spiro atoms. The molecule has 0 bridgehead atoms. The average molecular weight is 200 g/mol. The first kappa shape index (κ1) is 11.5. The molecule has 1 fully saturated rings. The van der Waals surface area contributed by atoms with Gasteiger partial charge in [-0.25, -0.2) is 5.84 Å². The summed E-state index contributed by atoms with van der Waals surface area (Å²) >= 11 is 0. The molecular formula is C10H20N2O2. The molecule has 0 aromatic rings. The van der Waals surface area contributed by atoms with Crippen molar-refractivity contribution >= 4 is 5.91 Å². The zero-order valence-electron chi connectivity index (χ0n) is 8.79. The van der Waals surface area contributed by atoms with E-state index >= 15 is 0 Å². The second-order valence-electron chi connectivity index (χ2n) is 4.07. The number of carbonyl (C=O) groups is 1. The van der Waals surface area contributed by atoms with E-state index < -0.39 is 0 Å². The van der Waals surface area contributed by atoms with Gasteiger partial charge in [0.1, 0.15) is 0 Å². The SMILES string of the molecule is CC1CCC(OCCC(=O)NN)CC1. The molecule has 0 unspecified atom stereocenters. The Morgan fingerprint density at radius 3 is 2.64 bits per heavy atom. The van der Waals surface area contributed by atoms with Gasteiger partial charge in [-0.05, 0) is 31.6 Å². The number of rotatable bonds is 4. The molecule has 0 radical (unpaired) electrons. The van der Waals surface area contributed by atoms with Crippen molar-refractivity contribution in [2.75, 3.05) is 6.61 Å². The van der Waals surface area contributed by atoms with E-state index in [0.717, 1.165) is 18.8 Å². The zero-order valence-corrected chi connectivity index (χ0v) is 8.79. The quantitative estimate of drug-likeness (QED) is 0.403. The maximum absolute atomic E-state index is 10.8. The highest BCUT2D eigenvalue weighted by Crippen LogP contribution is 2.25. The van der Waals surface area contributed by atoms with Crippen molar-refractivity contribution in [3.05, 3.63) is 0 Å². The van der Waals surface area contributed by atoms with E-state index in [1.54, 1.807) is 0 Å². The summed E-state index contributed by atoms with van der Waals surface area (Å²) in [6, 6.07) is 0. The van der Waals surface area contributed by atoms with Crippen molar-refractivity contribution in [3.8, 4) is 0 Å². The normalized spacial score (nSPS) is 27.3. The molecule has 4 nitrogen and oxygen atoms in total. The van der Waals surface area contributed by atoms with E-state index in [9.17, 15) is 4.79 Å². The van der Waals surface area contributed by atoms with E-state index in [4.69, 9.17) is 10.6 Å². The Kier molecular flexibility index (Phi) is 4.90. The van der Waals surface area contributed by atoms with Crippen LogP contribution in [-0.2, 0) is 9.53 Å². The number of hydrazine groups is 1. The number of nitrogens with one attached hydrogen (secondary N) is 1. The highest BCUT2D eigenvalue weighted by atomic mass is 16.5. The number of nitrogens with two attached hydrogens (primary N) is 1. The lowest BCUT2D eigenvalue weighted by Crippen LogP contribution is -2.31. The van der Waals surface area contributed by atoms with Gasteiger partial charge in [-0.1, -0.05) is 6.92 Å². The third-order valence-corrected chi connectivity index (χ3v) is 2.81. The summed E-state index contributed by atoms with van der Waals surface area (Å²) in [6.07, 6.45) is 5.47. The van der Waals surface area contributed by atoms with E-state index in [2.05, 4.69) is 12.3 Å². The van der Waals surface area contributed by atoms with Crippen LogP contribution in [0, 0.1) is 5.92 Å². The van der Waals surface area contributed by atoms with Crippen molar-refractivity contribution in [3.63, 3.8) is 0 Å². The molecule has 0 aliphatic heterocycles. The fourth-order valence-electron chi connectivity index (χ4n) is 1.79. The van der Waals surface area contributed by atoms with Gasteiger partial charge in [-0.3, -0.25) is 10.2 Å². The minimum Gasteiger partial charge on any atom is -0.378 e. The molecule has 3 N–H and O–H groups in total. The smallest absolute Gasteiger partial charge is 0.236 e. The number of carbonyl (C=O) groups excluding carboxylic acids is 1. The van der Waals surface area contributed by atoms with E-state index in [-0.39, 0.29) is 5.91 Å². The molecule has 0 atom stereocenters. The first-order valence-electron chi connectivity index (χ1n) is 5.33. The van der Waals surface area contributed by atoms with Crippen LogP contribution in [0.5, 0.6) is 0 Å². The summed E-state index contributed by atoms with van der Waals surface area (Å²) in [5.41, 5.74) is 2.09. The van der Waals surface area contributed by atoms with E-state index in [1.807, 2.05) is 0 Å². The van der Waals surface area contributed by atoms with Crippen molar-refractivity contribution in [1.29, 1.82) is 0 Å². The second kappa shape index (κ2) is 5.98. The summed E-state index contributed by atoms with van der Waals surface area (Å²) in [4.78, 5) is 10.8. The van der Waals surface area contributed by atoms with Crippen LogP contribution in [0.3, 0.4) is 0 Å².